The predicted octanol–water partition coefficient (Wildman–Crippen LogP) is 3.30. The first-order chi connectivity index (χ1) is 9.37. The molecule has 0 N–H and O–H groups in total. The van der Waals surface area contributed by atoms with Crippen LogP contribution in [-0.2, 0) is 10.0 Å². The lowest BCUT2D eigenvalue weighted by molar-refractivity contribution is 0.204. The average Bonchev–Trinajstić information content (AvgIpc) is 2.38. The number of nitrogens with zero attached hydrogens (tertiary/aromatic N) is 1. The van der Waals surface area contributed by atoms with Crippen molar-refractivity contribution in [2.45, 2.75) is 50.1 Å². The highest BCUT2D eigenvalue weighted by Gasteiger charge is 2.35. The summed E-state index contributed by atoms with van der Waals surface area (Å²) in [5, 5.41) is 0.311. The van der Waals surface area contributed by atoms with Crippen molar-refractivity contribution >= 4 is 21.6 Å². The van der Waals surface area contributed by atoms with E-state index in [1.165, 1.54) is 13.2 Å². The Bertz CT molecular complexity index is 578. The number of halogens is 1. The SMILES string of the molecule is COc1ccc(S(=O)(=O)N2[C@@H](C)CCC[C@@H]2C)cc1Cl. The van der Waals surface area contributed by atoms with E-state index in [4.69, 9.17) is 16.3 Å². The summed E-state index contributed by atoms with van der Waals surface area (Å²) in [4.78, 5) is 0.226. The van der Waals surface area contributed by atoms with Gasteiger partial charge >= 0.3 is 0 Å². The highest BCUT2D eigenvalue weighted by atomic mass is 35.5. The summed E-state index contributed by atoms with van der Waals surface area (Å²) in [6, 6.07) is 4.64. The van der Waals surface area contributed by atoms with Crippen molar-refractivity contribution in [2.24, 2.45) is 0 Å². The number of piperidine rings is 1. The average molecular weight is 318 g/mol. The third-order valence-corrected chi connectivity index (χ3v) is 6.23. The Morgan fingerprint density at radius 1 is 1.25 bits per heavy atom. The van der Waals surface area contributed by atoms with Crippen LogP contribution in [-0.4, -0.2) is 31.9 Å². The molecular weight excluding hydrogens is 298 g/mol. The Hall–Kier alpha value is -0.780. The Balaban J connectivity index is 2.41. The molecule has 2 atom stereocenters. The number of rotatable bonds is 3. The largest absolute Gasteiger partial charge is 0.495 e. The molecule has 0 amide bonds. The van der Waals surface area contributed by atoms with Gasteiger partial charge in [0.2, 0.25) is 10.0 Å². The number of methoxy groups -OCH3 is 1. The predicted molar refractivity (Wildman–Crippen MR) is 79.8 cm³/mol. The highest BCUT2D eigenvalue weighted by molar-refractivity contribution is 7.89. The molecule has 0 unspecified atom stereocenters. The fourth-order valence-corrected chi connectivity index (χ4v) is 5.03. The molecule has 0 aromatic heterocycles. The Morgan fingerprint density at radius 2 is 1.85 bits per heavy atom. The minimum atomic E-state index is -3.51. The lowest BCUT2D eigenvalue weighted by Gasteiger charge is -2.37. The first kappa shape index (κ1) is 15.6. The normalized spacial score (nSPS) is 24.6. The Morgan fingerprint density at radius 3 is 2.35 bits per heavy atom. The fourth-order valence-electron chi connectivity index (χ4n) is 2.80. The van der Waals surface area contributed by atoms with Crippen molar-refractivity contribution in [3.63, 3.8) is 0 Å². The number of hydrogen-bond donors (Lipinski definition) is 0. The molecule has 6 heteroatoms. The van der Waals surface area contributed by atoms with Gasteiger partial charge < -0.3 is 4.74 Å². The van der Waals surface area contributed by atoms with Crippen molar-refractivity contribution in [2.75, 3.05) is 7.11 Å². The summed E-state index contributed by atoms with van der Waals surface area (Å²) in [6.07, 6.45) is 2.86. The van der Waals surface area contributed by atoms with E-state index in [9.17, 15) is 8.42 Å². The molecule has 1 heterocycles. The summed E-state index contributed by atoms with van der Waals surface area (Å²) < 4.78 is 32.2. The first-order valence-corrected chi connectivity index (χ1v) is 8.57. The van der Waals surface area contributed by atoms with E-state index in [0.717, 1.165) is 19.3 Å². The molecule has 1 aliphatic rings. The van der Waals surface area contributed by atoms with Crippen LogP contribution in [0, 0.1) is 0 Å². The highest BCUT2D eigenvalue weighted by Crippen LogP contribution is 2.32. The molecule has 0 aliphatic carbocycles. The quantitative estimate of drug-likeness (QED) is 0.859. The van der Waals surface area contributed by atoms with Crippen LogP contribution in [0.25, 0.3) is 0 Å². The van der Waals surface area contributed by atoms with E-state index in [2.05, 4.69) is 0 Å². The van der Waals surface area contributed by atoms with Crippen LogP contribution in [0.2, 0.25) is 5.02 Å². The Labute approximate surface area is 125 Å². The standard InChI is InChI=1S/C14H20ClNO3S/c1-10-5-4-6-11(2)16(10)20(17,18)12-7-8-14(19-3)13(15)9-12/h7-11H,4-6H2,1-3H3/t10-,11-/m0/s1. The van der Waals surface area contributed by atoms with Gasteiger partial charge in [-0.2, -0.15) is 4.31 Å². The molecule has 0 spiro atoms. The minimum Gasteiger partial charge on any atom is -0.495 e. The molecule has 20 heavy (non-hydrogen) atoms. The van der Waals surface area contributed by atoms with Crippen LogP contribution in [0.5, 0.6) is 5.75 Å². The van der Waals surface area contributed by atoms with Crippen molar-refractivity contribution < 1.29 is 13.2 Å². The first-order valence-electron chi connectivity index (χ1n) is 6.75. The second-order valence-corrected chi connectivity index (χ2v) is 7.51. The van der Waals surface area contributed by atoms with E-state index in [1.54, 1.807) is 16.4 Å². The van der Waals surface area contributed by atoms with E-state index in [-0.39, 0.29) is 17.0 Å². The molecule has 112 valence electrons. The molecule has 1 saturated heterocycles. The van der Waals surface area contributed by atoms with Gasteiger partial charge in [-0.1, -0.05) is 18.0 Å². The molecule has 4 nitrogen and oxygen atoms in total. The minimum absolute atomic E-state index is 0.0182. The van der Waals surface area contributed by atoms with Crippen molar-refractivity contribution in [3.8, 4) is 5.75 Å². The van der Waals surface area contributed by atoms with E-state index in [1.807, 2.05) is 13.8 Å². The smallest absolute Gasteiger partial charge is 0.243 e. The molecule has 0 bridgehead atoms. The van der Waals surface area contributed by atoms with Crippen LogP contribution in [0.3, 0.4) is 0 Å². The van der Waals surface area contributed by atoms with Crippen molar-refractivity contribution in [3.05, 3.63) is 23.2 Å². The molecule has 2 rings (SSSR count). The molecule has 1 aromatic carbocycles. The lowest BCUT2D eigenvalue weighted by Crippen LogP contribution is -2.47. The molecule has 0 saturated carbocycles. The third-order valence-electron chi connectivity index (χ3n) is 3.81. The number of benzene rings is 1. The van der Waals surface area contributed by atoms with E-state index in [0.29, 0.717) is 10.8 Å². The van der Waals surface area contributed by atoms with Gasteiger partial charge in [-0.05, 0) is 44.9 Å². The fraction of sp³-hybridized carbons (Fsp3) is 0.571. The summed E-state index contributed by atoms with van der Waals surface area (Å²) >= 11 is 6.04. The Kier molecular flexibility index (Phi) is 4.62. The van der Waals surface area contributed by atoms with Crippen LogP contribution < -0.4 is 4.74 Å². The maximum Gasteiger partial charge on any atom is 0.243 e. The topological polar surface area (TPSA) is 46.6 Å². The molecule has 1 fully saturated rings. The van der Waals surface area contributed by atoms with Gasteiger partial charge in [-0.3, -0.25) is 0 Å². The van der Waals surface area contributed by atoms with Gasteiger partial charge in [0.15, 0.2) is 0 Å². The number of sulfonamides is 1. The summed E-state index contributed by atoms with van der Waals surface area (Å²) in [7, 11) is -2.01. The van der Waals surface area contributed by atoms with Crippen LogP contribution in [0.15, 0.2) is 23.1 Å². The third kappa shape index (κ3) is 2.80. The maximum atomic E-state index is 12.8. The van der Waals surface area contributed by atoms with Crippen LogP contribution in [0.4, 0.5) is 0 Å². The van der Waals surface area contributed by atoms with Gasteiger partial charge in [-0.15, -0.1) is 0 Å². The maximum absolute atomic E-state index is 12.8. The lowest BCUT2D eigenvalue weighted by atomic mass is 10.0. The van der Waals surface area contributed by atoms with Crippen LogP contribution >= 0.6 is 11.6 Å². The van der Waals surface area contributed by atoms with Gasteiger partial charge in [0.25, 0.3) is 0 Å². The van der Waals surface area contributed by atoms with E-state index < -0.39 is 10.0 Å². The second kappa shape index (κ2) is 5.92. The second-order valence-electron chi connectivity index (χ2n) is 5.26. The zero-order valence-electron chi connectivity index (χ0n) is 12.0. The number of ether oxygens (including phenoxy) is 1. The van der Waals surface area contributed by atoms with Gasteiger partial charge in [0.05, 0.1) is 17.0 Å². The molecule has 1 aliphatic heterocycles. The van der Waals surface area contributed by atoms with Crippen molar-refractivity contribution in [1.82, 2.24) is 4.31 Å². The van der Waals surface area contributed by atoms with Crippen LogP contribution in [0.1, 0.15) is 33.1 Å². The zero-order valence-corrected chi connectivity index (χ0v) is 13.5. The van der Waals surface area contributed by atoms with Gasteiger partial charge in [-0.25, -0.2) is 8.42 Å². The monoisotopic (exact) mass is 317 g/mol. The molecule has 0 radical (unpaired) electrons. The molecule has 1 aromatic rings. The van der Waals surface area contributed by atoms with Gasteiger partial charge in [0, 0.05) is 12.1 Å². The molecular formula is C14H20ClNO3S. The van der Waals surface area contributed by atoms with E-state index >= 15 is 0 Å². The summed E-state index contributed by atoms with van der Waals surface area (Å²) in [6.45, 7) is 3.91. The summed E-state index contributed by atoms with van der Waals surface area (Å²) in [5.74, 6) is 0.477. The zero-order chi connectivity index (χ0) is 14.9. The van der Waals surface area contributed by atoms with Gasteiger partial charge in [0.1, 0.15) is 5.75 Å². The number of hydrogen-bond acceptors (Lipinski definition) is 3. The summed E-state index contributed by atoms with van der Waals surface area (Å²) in [5.41, 5.74) is 0. The van der Waals surface area contributed by atoms with Crippen molar-refractivity contribution in [1.29, 1.82) is 0 Å².